The first-order valence-corrected chi connectivity index (χ1v) is 23.6. The second kappa shape index (κ2) is 28.6. The highest BCUT2D eigenvalue weighted by Crippen LogP contribution is 2.21. The standard InChI is InChI=1S/C45H66N18O8S/c46-28(10-5-15-53-43(47)48)37(66)59-32(14-7-17-55-45(51)52)39(68)61-33(18-24-20-56-29-11-3-1-8-26(24)29)40(69)62-34(19-25-21-57-30-12-4-2-9-27(25)30)41(70)63-35(23-72)42(71)60-31(13-6-16-54-44(49)50)38(67)58-22-36(64)65/h1-4,8-9,11-12,20-21,28,31-35,56-57,72H,5-7,10,13-19,22-23,46H2,(H,58,67)(H,59,66)(H,60,71)(H,61,68)(H,62,69)(H,63,70)(H,64,65)(H4,47,48,53)(H4,49,50,54)(H4,51,52,55)/t28-,31-,32-,33-,34-,35-/m0/s1. The molecule has 2 heterocycles. The highest BCUT2D eigenvalue weighted by molar-refractivity contribution is 7.80. The maximum atomic E-state index is 14.8. The SMILES string of the molecule is NC(N)=NCCC[C@H](NC(=O)[C@H](CS)NC(=O)[C@H](Cc1c[nH]c2ccccc12)NC(=O)[C@H](Cc1c[nH]c2ccccc12)NC(=O)[C@H](CCCN=C(N)N)NC(=O)[C@@H](N)CCCN=C(N)N)C(=O)NCC(=O)O. The molecular formula is C45H66N18O8S. The number of carbonyl (C=O) groups is 7. The lowest BCUT2D eigenvalue weighted by atomic mass is 10.0. The van der Waals surface area contributed by atoms with Gasteiger partial charge in [-0.25, -0.2) is 0 Å². The molecule has 0 saturated carbocycles. The number of aliphatic carboxylic acids is 1. The highest BCUT2D eigenvalue weighted by atomic mass is 32.1. The zero-order valence-electron chi connectivity index (χ0n) is 39.6. The monoisotopic (exact) mass is 1020 g/mol. The average Bonchev–Trinajstić information content (AvgIpc) is 3.95. The molecule has 26 nitrogen and oxygen atoms in total. The molecule has 2 aromatic carbocycles. The molecule has 72 heavy (non-hydrogen) atoms. The van der Waals surface area contributed by atoms with Gasteiger partial charge in [0.2, 0.25) is 35.4 Å². The summed E-state index contributed by atoms with van der Waals surface area (Å²) in [6.45, 7) is -0.305. The van der Waals surface area contributed by atoms with Crippen LogP contribution in [0.15, 0.2) is 75.9 Å². The molecule has 27 heteroatoms. The van der Waals surface area contributed by atoms with E-state index in [4.69, 9.17) is 45.2 Å². The van der Waals surface area contributed by atoms with Gasteiger partial charge in [-0.15, -0.1) is 0 Å². The van der Waals surface area contributed by atoms with Crippen LogP contribution in [0, 0.1) is 0 Å². The van der Waals surface area contributed by atoms with Crippen molar-refractivity contribution in [1.82, 2.24) is 41.9 Å². The van der Waals surface area contributed by atoms with E-state index in [1.54, 1.807) is 18.5 Å². The van der Waals surface area contributed by atoms with Crippen molar-refractivity contribution in [2.75, 3.05) is 31.9 Å². The van der Waals surface area contributed by atoms with Crippen LogP contribution < -0.4 is 72.0 Å². The van der Waals surface area contributed by atoms with E-state index in [0.29, 0.717) is 17.5 Å². The molecular weight excluding hydrogens is 953 g/mol. The Labute approximate surface area is 419 Å². The molecule has 0 fully saturated rings. The van der Waals surface area contributed by atoms with Gasteiger partial charge in [-0.2, -0.15) is 12.6 Å². The summed E-state index contributed by atoms with van der Waals surface area (Å²) in [5.41, 5.74) is 41.6. The number of H-pyrrole nitrogens is 2. The number of aromatic amines is 2. The molecule has 0 aliphatic heterocycles. The third-order valence-electron chi connectivity index (χ3n) is 11.2. The minimum absolute atomic E-state index is 0.0156. The normalized spacial score (nSPS) is 13.5. The fourth-order valence-electron chi connectivity index (χ4n) is 7.50. The van der Waals surface area contributed by atoms with Crippen molar-refractivity contribution >= 4 is 93.7 Å². The van der Waals surface area contributed by atoms with Crippen molar-refractivity contribution in [3.8, 4) is 0 Å². The van der Waals surface area contributed by atoms with Crippen LogP contribution in [0.1, 0.15) is 49.7 Å². The molecule has 0 bridgehead atoms. The Hall–Kier alpha value is -8.07. The van der Waals surface area contributed by atoms with E-state index in [2.05, 4.69) is 69.5 Å². The Kier molecular flexibility index (Phi) is 22.4. The number of nitrogens with zero attached hydrogens (tertiary/aromatic N) is 3. The molecule has 390 valence electrons. The van der Waals surface area contributed by atoms with Gasteiger partial charge < -0.3 is 87.1 Å². The molecule has 4 rings (SSSR count). The van der Waals surface area contributed by atoms with Gasteiger partial charge >= 0.3 is 5.97 Å². The number of fused-ring (bicyclic) bond motifs is 2. The molecule has 0 unspecified atom stereocenters. The van der Waals surface area contributed by atoms with Gasteiger partial charge in [-0.1, -0.05) is 36.4 Å². The predicted molar refractivity (Wildman–Crippen MR) is 276 cm³/mol. The summed E-state index contributed by atoms with van der Waals surface area (Å²) >= 11 is 4.32. The lowest BCUT2D eigenvalue weighted by Gasteiger charge is -2.27. The highest BCUT2D eigenvalue weighted by Gasteiger charge is 2.34. The molecule has 6 amide bonds. The Bertz CT molecular complexity index is 2590. The lowest BCUT2D eigenvalue weighted by Crippen LogP contribution is -2.60. The number of nitrogens with one attached hydrogen (secondary N) is 8. The van der Waals surface area contributed by atoms with Gasteiger partial charge in [0, 0.05) is 72.4 Å². The number of guanidine groups is 3. The second-order valence-corrected chi connectivity index (χ2v) is 17.0. The van der Waals surface area contributed by atoms with Gasteiger partial charge in [0.05, 0.1) is 6.04 Å². The maximum absolute atomic E-state index is 14.8. The van der Waals surface area contributed by atoms with Crippen molar-refractivity contribution in [3.63, 3.8) is 0 Å². The van der Waals surface area contributed by atoms with Crippen LogP contribution in [0.25, 0.3) is 21.8 Å². The van der Waals surface area contributed by atoms with Crippen LogP contribution in [-0.2, 0) is 46.4 Å². The number of para-hydroxylation sites is 2. The minimum atomic E-state index is -1.41. The second-order valence-electron chi connectivity index (χ2n) is 16.7. The topological polar surface area (TPSA) is 463 Å². The number of aliphatic imine (C=N–C) groups is 3. The quantitative estimate of drug-likeness (QED) is 0.0104. The zero-order valence-corrected chi connectivity index (χ0v) is 40.5. The Morgan fingerprint density at radius 3 is 1.35 bits per heavy atom. The first-order valence-electron chi connectivity index (χ1n) is 23.0. The number of rotatable bonds is 30. The number of benzene rings is 2. The van der Waals surface area contributed by atoms with Crippen LogP contribution in [0.5, 0.6) is 0 Å². The van der Waals surface area contributed by atoms with Gasteiger partial charge in [-0.3, -0.25) is 48.5 Å². The summed E-state index contributed by atoms with van der Waals surface area (Å²) in [5, 5.41) is 26.4. The molecule has 0 spiro atoms. The van der Waals surface area contributed by atoms with Crippen LogP contribution in [0.4, 0.5) is 0 Å². The lowest BCUT2D eigenvalue weighted by molar-refractivity contribution is -0.138. The van der Waals surface area contributed by atoms with Crippen molar-refractivity contribution in [2.24, 2.45) is 55.1 Å². The summed E-state index contributed by atoms with van der Waals surface area (Å²) in [6, 6.07) is 6.82. The third-order valence-corrected chi connectivity index (χ3v) is 11.5. The molecule has 0 saturated heterocycles. The largest absolute Gasteiger partial charge is 0.480 e. The first-order chi connectivity index (χ1) is 34.4. The van der Waals surface area contributed by atoms with Crippen molar-refractivity contribution in [3.05, 3.63) is 72.1 Å². The van der Waals surface area contributed by atoms with E-state index in [-0.39, 0.29) is 88.2 Å². The Morgan fingerprint density at radius 1 is 0.528 bits per heavy atom. The summed E-state index contributed by atoms with van der Waals surface area (Å²) in [6.07, 6.45) is 4.13. The maximum Gasteiger partial charge on any atom is 0.322 e. The first kappa shape index (κ1) is 56.5. The van der Waals surface area contributed by atoms with Gasteiger partial charge in [0.25, 0.3) is 0 Å². The van der Waals surface area contributed by atoms with E-state index in [1.165, 1.54) is 0 Å². The summed E-state index contributed by atoms with van der Waals surface area (Å²) in [5.74, 6) is -6.80. The Balaban J connectivity index is 1.66. The minimum Gasteiger partial charge on any atom is -0.480 e. The smallest absolute Gasteiger partial charge is 0.322 e. The molecule has 4 aromatic rings. The number of aromatic nitrogens is 2. The summed E-state index contributed by atoms with van der Waals surface area (Å²) in [4.78, 5) is 113. The number of amides is 6. The number of carboxylic acids is 1. The van der Waals surface area contributed by atoms with E-state index in [9.17, 15) is 33.6 Å². The Morgan fingerprint density at radius 2 is 0.903 bits per heavy atom. The van der Waals surface area contributed by atoms with Gasteiger partial charge in [0.15, 0.2) is 17.9 Å². The van der Waals surface area contributed by atoms with Crippen LogP contribution >= 0.6 is 12.6 Å². The van der Waals surface area contributed by atoms with E-state index < -0.39 is 84.2 Å². The fraction of sp³-hybridized carbons (Fsp3) is 0.422. The number of hydrogen-bond donors (Lipinski definition) is 17. The van der Waals surface area contributed by atoms with Crippen LogP contribution in [0.2, 0.25) is 0 Å². The molecule has 0 aliphatic rings. The number of carboxylic acid groups (broad SMARTS) is 1. The molecule has 23 N–H and O–H groups in total. The van der Waals surface area contributed by atoms with Crippen LogP contribution in [0.3, 0.4) is 0 Å². The number of hydrogen-bond acceptors (Lipinski definition) is 12. The van der Waals surface area contributed by atoms with Gasteiger partial charge in [-0.05, 0) is 61.8 Å². The van der Waals surface area contributed by atoms with E-state index in [0.717, 1.165) is 21.8 Å². The van der Waals surface area contributed by atoms with Crippen molar-refractivity contribution in [1.29, 1.82) is 0 Å². The summed E-state index contributed by atoms with van der Waals surface area (Å²) < 4.78 is 0. The fourth-order valence-corrected chi connectivity index (χ4v) is 7.76. The number of thiol groups is 1. The third kappa shape index (κ3) is 18.4. The van der Waals surface area contributed by atoms with Crippen molar-refractivity contribution < 1.29 is 38.7 Å². The molecule has 0 radical (unpaired) electrons. The predicted octanol–water partition coefficient (Wildman–Crippen LogP) is -3.52. The van der Waals surface area contributed by atoms with Gasteiger partial charge in [0.1, 0.15) is 36.8 Å². The van der Waals surface area contributed by atoms with E-state index >= 15 is 0 Å². The van der Waals surface area contributed by atoms with E-state index in [1.807, 2.05) is 42.5 Å². The van der Waals surface area contributed by atoms with Crippen molar-refractivity contribution in [2.45, 2.75) is 87.6 Å². The average molecular weight is 1020 g/mol. The van der Waals surface area contributed by atoms with Crippen LogP contribution in [-0.4, -0.2) is 143 Å². The number of nitrogens with two attached hydrogens (primary N) is 7. The zero-order chi connectivity index (χ0) is 52.7. The summed E-state index contributed by atoms with van der Waals surface area (Å²) in [7, 11) is 0. The molecule has 2 aromatic heterocycles. The molecule has 0 aliphatic carbocycles. The molecule has 6 atom stereocenters. The number of carbonyl (C=O) groups excluding carboxylic acids is 6.